The number of aryl methyl sites for hydroxylation is 1. The Morgan fingerprint density at radius 1 is 1.39 bits per heavy atom. The van der Waals surface area contributed by atoms with E-state index in [1.807, 2.05) is 16.9 Å². The number of alkyl halides is 1. The van der Waals surface area contributed by atoms with Gasteiger partial charge in [-0.2, -0.15) is 5.10 Å². The SMILES string of the molecule is CCCc1c(CCl)cnn1-c1ccc(Br)cc1C. The molecule has 2 aromatic rings. The van der Waals surface area contributed by atoms with E-state index in [0.717, 1.165) is 28.6 Å². The summed E-state index contributed by atoms with van der Waals surface area (Å²) in [6.45, 7) is 4.27. The van der Waals surface area contributed by atoms with Gasteiger partial charge in [0.15, 0.2) is 0 Å². The van der Waals surface area contributed by atoms with E-state index in [2.05, 4.69) is 47.0 Å². The van der Waals surface area contributed by atoms with Gasteiger partial charge in [-0.05, 0) is 37.1 Å². The zero-order valence-electron chi connectivity index (χ0n) is 10.6. The number of rotatable bonds is 4. The van der Waals surface area contributed by atoms with Gasteiger partial charge in [0.2, 0.25) is 0 Å². The van der Waals surface area contributed by atoms with E-state index in [0.29, 0.717) is 5.88 Å². The van der Waals surface area contributed by atoms with Crippen LogP contribution in [0.5, 0.6) is 0 Å². The van der Waals surface area contributed by atoms with Crippen molar-refractivity contribution in [2.24, 2.45) is 0 Å². The van der Waals surface area contributed by atoms with Crippen LogP contribution in [0.1, 0.15) is 30.2 Å². The maximum absolute atomic E-state index is 5.97. The Morgan fingerprint density at radius 3 is 2.78 bits per heavy atom. The third kappa shape index (κ3) is 2.62. The van der Waals surface area contributed by atoms with Crippen molar-refractivity contribution in [3.8, 4) is 5.69 Å². The molecule has 0 fully saturated rings. The summed E-state index contributed by atoms with van der Waals surface area (Å²) in [5, 5.41) is 4.48. The first-order valence-electron chi connectivity index (χ1n) is 6.05. The van der Waals surface area contributed by atoms with E-state index in [1.165, 1.54) is 11.3 Å². The minimum absolute atomic E-state index is 0.519. The largest absolute Gasteiger partial charge is 0.237 e. The second kappa shape index (κ2) is 5.89. The van der Waals surface area contributed by atoms with Crippen molar-refractivity contribution >= 4 is 27.5 Å². The highest BCUT2D eigenvalue weighted by Crippen LogP contribution is 2.23. The average Bonchev–Trinajstić information content (AvgIpc) is 2.73. The first-order chi connectivity index (χ1) is 8.67. The summed E-state index contributed by atoms with van der Waals surface area (Å²) < 4.78 is 3.11. The smallest absolute Gasteiger partial charge is 0.0678 e. The molecule has 0 unspecified atom stereocenters. The Bertz CT molecular complexity index is 549. The molecule has 96 valence electrons. The van der Waals surface area contributed by atoms with Crippen LogP contribution in [0.15, 0.2) is 28.9 Å². The lowest BCUT2D eigenvalue weighted by Crippen LogP contribution is -2.05. The lowest BCUT2D eigenvalue weighted by atomic mass is 10.1. The molecule has 0 bridgehead atoms. The van der Waals surface area contributed by atoms with Gasteiger partial charge in [-0.1, -0.05) is 29.3 Å². The van der Waals surface area contributed by atoms with E-state index in [1.54, 1.807) is 0 Å². The topological polar surface area (TPSA) is 17.8 Å². The highest BCUT2D eigenvalue weighted by atomic mass is 79.9. The molecule has 2 rings (SSSR count). The molecule has 1 heterocycles. The summed E-state index contributed by atoms with van der Waals surface area (Å²) in [6.07, 6.45) is 3.96. The van der Waals surface area contributed by atoms with Crippen LogP contribution in [0.4, 0.5) is 0 Å². The molecule has 0 aliphatic rings. The van der Waals surface area contributed by atoms with Gasteiger partial charge in [0.25, 0.3) is 0 Å². The minimum atomic E-state index is 0.519. The second-order valence-corrected chi connectivity index (χ2v) is 5.53. The Balaban J connectivity index is 2.52. The zero-order chi connectivity index (χ0) is 13.1. The van der Waals surface area contributed by atoms with Crippen LogP contribution in [0, 0.1) is 6.92 Å². The third-order valence-electron chi connectivity index (χ3n) is 2.97. The van der Waals surface area contributed by atoms with Crippen molar-refractivity contribution in [2.45, 2.75) is 32.6 Å². The normalized spacial score (nSPS) is 10.9. The first-order valence-corrected chi connectivity index (χ1v) is 7.38. The minimum Gasteiger partial charge on any atom is -0.237 e. The molecule has 0 atom stereocenters. The van der Waals surface area contributed by atoms with Crippen LogP contribution in [0.2, 0.25) is 0 Å². The van der Waals surface area contributed by atoms with E-state index in [9.17, 15) is 0 Å². The van der Waals surface area contributed by atoms with Crippen LogP contribution >= 0.6 is 27.5 Å². The molecule has 2 nitrogen and oxygen atoms in total. The van der Waals surface area contributed by atoms with Gasteiger partial charge >= 0.3 is 0 Å². The molecule has 0 saturated carbocycles. The molecule has 0 radical (unpaired) electrons. The van der Waals surface area contributed by atoms with E-state index >= 15 is 0 Å². The molecule has 1 aromatic heterocycles. The van der Waals surface area contributed by atoms with Crippen molar-refractivity contribution in [3.05, 3.63) is 45.7 Å². The summed E-state index contributed by atoms with van der Waals surface area (Å²) in [5.74, 6) is 0.519. The Labute approximate surface area is 121 Å². The number of halogens is 2. The lowest BCUT2D eigenvalue weighted by Gasteiger charge is -2.11. The lowest BCUT2D eigenvalue weighted by molar-refractivity contribution is 0.767. The van der Waals surface area contributed by atoms with Crippen LogP contribution < -0.4 is 0 Å². The van der Waals surface area contributed by atoms with Gasteiger partial charge in [-0.15, -0.1) is 11.6 Å². The Kier molecular flexibility index (Phi) is 4.46. The molecule has 0 aliphatic heterocycles. The molecule has 0 spiro atoms. The molecule has 4 heteroatoms. The average molecular weight is 328 g/mol. The van der Waals surface area contributed by atoms with Crippen molar-refractivity contribution < 1.29 is 0 Å². The van der Waals surface area contributed by atoms with Crippen LogP contribution in [0.25, 0.3) is 5.69 Å². The maximum Gasteiger partial charge on any atom is 0.0678 e. The highest BCUT2D eigenvalue weighted by Gasteiger charge is 2.12. The number of benzene rings is 1. The molecular weight excluding hydrogens is 312 g/mol. The first kappa shape index (κ1) is 13.6. The monoisotopic (exact) mass is 326 g/mol. The second-order valence-electron chi connectivity index (χ2n) is 4.34. The number of hydrogen-bond donors (Lipinski definition) is 0. The highest BCUT2D eigenvalue weighted by molar-refractivity contribution is 9.10. The van der Waals surface area contributed by atoms with Crippen LogP contribution in [0.3, 0.4) is 0 Å². The molecule has 1 aromatic carbocycles. The molecule has 0 N–H and O–H groups in total. The van der Waals surface area contributed by atoms with Crippen LogP contribution in [-0.2, 0) is 12.3 Å². The van der Waals surface area contributed by atoms with E-state index in [4.69, 9.17) is 11.6 Å². The van der Waals surface area contributed by atoms with Gasteiger partial charge in [-0.25, -0.2) is 4.68 Å². The molecule has 0 saturated heterocycles. The van der Waals surface area contributed by atoms with Crippen molar-refractivity contribution in [3.63, 3.8) is 0 Å². The number of hydrogen-bond acceptors (Lipinski definition) is 1. The molecule has 18 heavy (non-hydrogen) atoms. The van der Waals surface area contributed by atoms with Gasteiger partial charge in [-0.3, -0.25) is 0 Å². The van der Waals surface area contributed by atoms with E-state index in [-0.39, 0.29) is 0 Å². The van der Waals surface area contributed by atoms with E-state index < -0.39 is 0 Å². The summed E-state index contributed by atoms with van der Waals surface area (Å²) in [7, 11) is 0. The predicted octanol–water partition coefficient (Wildman–Crippen LogP) is 4.63. The van der Waals surface area contributed by atoms with Crippen molar-refractivity contribution in [2.75, 3.05) is 0 Å². The third-order valence-corrected chi connectivity index (χ3v) is 3.75. The maximum atomic E-state index is 5.97. The van der Waals surface area contributed by atoms with Gasteiger partial charge in [0.05, 0.1) is 17.8 Å². The fraction of sp³-hybridized carbons (Fsp3) is 0.357. The summed E-state index contributed by atoms with van der Waals surface area (Å²) in [6, 6.07) is 6.23. The quantitative estimate of drug-likeness (QED) is 0.748. The fourth-order valence-corrected chi connectivity index (χ4v) is 2.79. The van der Waals surface area contributed by atoms with Crippen molar-refractivity contribution in [1.29, 1.82) is 0 Å². The van der Waals surface area contributed by atoms with Crippen LogP contribution in [-0.4, -0.2) is 9.78 Å². The molecular formula is C14H16BrClN2. The molecule has 0 aliphatic carbocycles. The number of aromatic nitrogens is 2. The summed E-state index contributed by atoms with van der Waals surface area (Å²) >= 11 is 9.46. The fourth-order valence-electron chi connectivity index (χ4n) is 2.09. The summed E-state index contributed by atoms with van der Waals surface area (Å²) in [4.78, 5) is 0. The Hall–Kier alpha value is -0.800. The standard InChI is InChI=1S/C14H16BrClN2/c1-3-4-14-11(8-16)9-17-18(14)13-6-5-12(15)7-10(13)2/h5-7,9H,3-4,8H2,1-2H3. The summed E-state index contributed by atoms with van der Waals surface area (Å²) in [5.41, 5.74) is 4.67. The Morgan fingerprint density at radius 2 is 2.17 bits per heavy atom. The molecule has 0 amide bonds. The van der Waals surface area contributed by atoms with Gasteiger partial charge in [0, 0.05) is 15.7 Å². The van der Waals surface area contributed by atoms with Crippen molar-refractivity contribution in [1.82, 2.24) is 9.78 Å². The van der Waals surface area contributed by atoms with Gasteiger partial charge < -0.3 is 0 Å². The predicted molar refractivity (Wildman–Crippen MR) is 79.6 cm³/mol. The number of nitrogens with zero attached hydrogens (tertiary/aromatic N) is 2. The van der Waals surface area contributed by atoms with Gasteiger partial charge in [0.1, 0.15) is 0 Å². The zero-order valence-corrected chi connectivity index (χ0v) is 12.9.